The minimum atomic E-state index is -4.38. The molecule has 1 aromatic rings. The van der Waals surface area contributed by atoms with Crippen molar-refractivity contribution in [2.24, 2.45) is 10.8 Å². The molecule has 0 aromatic heterocycles. The fourth-order valence-corrected chi connectivity index (χ4v) is 4.83. The minimum Gasteiger partial charge on any atom is -0.347 e. The van der Waals surface area contributed by atoms with E-state index in [-0.39, 0.29) is 31.4 Å². The fraction of sp³-hybridized carbons (Fsp3) is 0.529. The molecule has 28 heavy (non-hydrogen) atoms. The first-order chi connectivity index (χ1) is 13.0. The quantitative estimate of drug-likeness (QED) is 0.514. The van der Waals surface area contributed by atoms with Crippen molar-refractivity contribution in [3.63, 3.8) is 0 Å². The van der Waals surface area contributed by atoms with E-state index in [1.807, 2.05) is 0 Å². The predicted octanol–water partition coefficient (Wildman–Crippen LogP) is 3.19. The summed E-state index contributed by atoms with van der Waals surface area (Å²) in [5.41, 5.74) is -2.99. The van der Waals surface area contributed by atoms with Crippen LogP contribution in [0.3, 0.4) is 0 Å². The molecule has 11 heteroatoms. The zero-order chi connectivity index (χ0) is 20.5. The van der Waals surface area contributed by atoms with Gasteiger partial charge in [-0.2, -0.15) is 13.2 Å². The standard InChI is InChI=1S/C17H15ClF5N3O2/c18-10-8(19)2-1-7(11(10)20)12(26-13(27)9-3-24-14(28)25-9)15-4-16(5-15,6-15)17(21,22)23/h1-2,9,12H,3-6H2,(H,26,27)(H2,24,25,28). The van der Waals surface area contributed by atoms with Crippen LogP contribution in [0.5, 0.6) is 0 Å². The molecular weight excluding hydrogens is 409 g/mol. The summed E-state index contributed by atoms with van der Waals surface area (Å²) in [6.45, 7) is -0.0104. The molecule has 5 rings (SSSR count). The van der Waals surface area contributed by atoms with Crippen molar-refractivity contribution in [1.82, 2.24) is 16.0 Å². The number of rotatable bonds is 4. The van der Waals surface area contributed by atoms with Gasteiger partial charge in [-0.3, -0.25) is 4.79 Å². The van der Waals surface area contributed by atoms with Crippen LogP contribution >= 0.6 is 11.6 Å². The van der Waals surface area contributed by atoms with E-state index in [4.69, 9.17) is 11.6 Å². The Morgan fingerprint density at radius 2 is 1.89 bits per heavy atom. The molecule has 5 nitrogen and oxygen atoms in total. The lowest BCUT2D eigenvalue weighted by Crippen LogP contribution is -2.72. The second-order valence-corrected chi connectivity index (χ2v) is 8.16. The Kier molecular flexibility index (Phi) is 4.08. The molecular formula is C17H15ClF5N3O2. The maximum atomic E-state index is 14.6. The van der Waals surface area contributed by atoms with Gasteiger partial charge in [0.15, 0.2) is 0 Å². The minimum absolute atomic E-state index is 0.0104. The summed E-state index contributed by atoms with van der Waals surface area (Å²) >= 11 is 5.62. The number of benzene rings is 1. The molecule has 4 aliphatic rings. The number of carbonyl (C=O) groups excluding carboxylic acids is 2. The highest BCUT2D eigenvalue weighted by Crippen LogP contribution is 2.81. The van der Waals surface area contributed by atoms with Crippen LogP contribution in [-0.2, 0) is 4.79 Å². The lowest BCUT2D eigenvalue weighted by Gasteiger charge is -2.73. The van der Waals surface area contributed by atoms with Gasteiger partial charge in [0.2, 0.25) is 5.91 Å². The van der Waals surface area contributed by atoms with Gasteiger partial charge in [-0.05, 0) is 30.7 Å². The van der Waals surface area contributed by atoms with Gasteiger partial charge in [0, 0.05) is 12.1 Å². The Balaban J connectivity index is 1.63. The van der Waals surface area contributed by atoms with E-state index in [2.05, 4.69) is 16.0 Å². The zero-order valence-corrected chi connectivity index (χ0v) is 15.0. The maximum absolute atomic E-state index is 14.6. The molecule has 0 spiro atoms. The van der Waals surface area contributed by atoms with Crippen LogP contribution in [-0.4, -0.2) is 30.7 Å². The lowest BCUT2D eigenvalue weighted by molar-refractivity contribution is -0.370. The monoisotopic (exact) mass is 423 g/mol. The fourth-order valence-electron chi connectivity index (χ4n) is 4.65. The highest BCUT2D eigenvalue weighted by atomic mass is 35.5. The highest BCUT2D eigenvalue weighted by molar-refractivity contribution is 6.31. The van der Waals surface area contributed by atoms with Crippen molar-refractivity contribution in [2.45, 2.75) is 37.5 Å². The third-order valence-corrected chi connectivity index (χ3v) is 6.38. The van der Waals surface area contributed by atoms with Crippen molar-refractivity contribution in [2.75, 3.05) is 6.54 Å². The van der Waals surface area contributed by atoms with Crippen LogP contribution < -0.4 is 16.0 Å². The number of amides is 3. The average Bonchev–Trinajstić information content (AvgIpc) is 2.95. The van der Waals surface area contributed by atoms with Crippen molar-refractivity contribution < 1.29 is 31.5 Å². The van der Waals surface area contributed by atoms with E-state index >= 15 is 0 Å². The van der Waals surface area contributed by atoms with Crippen molar-refractivity contribution in [3.8, 4) is 0 Å². The maximum Gasteiger partial charge on any atom is 0.394 e. The molecule has 2 atom stereocenters. The molecule has 1 heterocycles. The van der Waals surface area contributed by atoms with Gasteiger partial charge in [-0.25, -0.2) is 13.6 Å². The number of alkyl halides is 3. The molecule has 4 fully saturated rings. The third kappa shape index (κ3) is 2.64. The van der Waals surface area contributed by atoms with Crippen LogP contribution in [0.25, 0.3) is 0 Å². The Hall–Kier alpha value is -2.10. The zero-order valence-electron chi connectivity index (χ0n) is 14.2. The van der Waals surface area contributed by atoms with E-state index < -0.39 is 57.7 Å². The van der Waals surface area contributed by atoms with Crippen LogP contribution in [0.15, 0.2) is 12.1 Å². The summed E-state index contributed by atoms with van der Waals surface area (Å²) in [7, 11) is 0. The molecule has 3 saturated carbocycles. The first-order valence-electron chi connectivity index (χ1n) is 8.53. The summed E-state index contributed by atoms with van der Waals surface area (Å²) in [6, 6.07) is -0.649. The number of hydrogen-bond donors (Lipinski definition) is 3. The van der Waals surface area contributed by atoms with E-state index in [1.54, 1.807) is 0 Å². The van der Waals surface area contributed by atoms with E-state index in [9.17, 15) is 31.5 Å². The van der Waals surface area contributed by atoms with Crippen LogP contribution in [0, 0.1) is 22.5 Å². The topological polar surface area (TPSA) is 70.2 Å². The van der Waals surface area contributed by atoms with Gasteiger partial charge in [0.05, 0.1) is 11.5 Å². The number of nitrogens with one attached hydrogen (secondary N) is 3. The second kappa shape index (κ2) is 5.95. The molecule has 1 aliphatic heterocycles. The predicted molar refractivity (Wildman–Crippen MR) is 87.3 cm³/mol. The molecule has 3 aliphatic carbocycles. The van der Waals surface area contributed by atoms with Gasteiger partial charge in [-0.15, -0.1) is 0 Å². The largest absolute Gasteiger partial charge is 0.394 e. The first-order valence-corrected chi connectivity index (χ1v) is 8.91. The molecule has 1 saturated heterocycles. The van der Waals surface area contributed by atoms with Crippen molar-refractivity contribution in [1.29, 1.82) is 0 Å². The van der Waals surface area contributed by atoms with Crippen LogP contribution in [0.1, 0.15) is 30.9 Å². The van der Waals surface area contributed by atoms with Gasteiger partial charge >= 0.3 is 12.2 Å². The molecule has 2 unspecified atom stereocenters. The summed E-state index contributed by atoms with van der Waals surface area (Å²) in [5, 5.41) is 6.51. The molecule has 1 aromatic carbocycles. The SMILES string of the molecule is O=C1NCC(C(=O)NC(c2ccc(F)c(Cl)c2F)C23CC(C(F)(F)F)(C2)C3)N1. The average molecular weight is 424 g/mol. The first kappa shape index (κ1) is 19.2. The molecule has 3 N–H and O–H groups in total. The Morgan fingerprint density at radius 1 is 1.25 bits per heavy atom. The molecule has 152 valence electrons. The number of hydrogen-bond acceptors (Lipinski definition) is 2. The Bertz CT molecular complexity index is 855. The Morgan fingerprint density at radius 3 is 2.43 bits per heavy atom. The van der Waals surface area contributed by atoms with E-state index in [0.717, 1.165) is 12.1 Å². The number of carbonyl (C=O) groups is 2. The van der Waals surface area contributed by atoms with Gasteiger partial charge in [0.1, 0.15) is 22.7 Å². The van der Waals surface area contributed by atoms with Crippen molar-refractivity contribution in [3.05, 3.63) is 34.4 Å². The van der Waals surface area contributed by atoms with Crippen molar-refractivity contribution >= 4 is 23.5 Å². The van der Waals surface area contributed by atoms with Gasteiger partial charge in [0.25, 0.3) is 0 Å². The third-order valence-electron chi connectivity index (χ3n) is 6.04. The van der Waals surface area contributed by atoms with Gasteiger partial charge in [-0.1, -0.05) is 17.7 Å². The van der Waals surface area contributed by atoms with E-state index in [0.29, 0.717) is 0 Å². The number of urea groups is 1. The van der Waals surface area contributed by atoms with Crippen LogP contribution in [0.4, 0.5) is 26.7 Å². The van der Waals surface area contributed by atoms with Gasteiger partial charge < -0.3 is 16.0 Å². The highest BCUT2D eigenvalue weighted by Gasteiger charge is 2.80. The lowest BCUT2D eigenvalue weighted by atomic mass is 9.32. The summed E-state index contributed by atoms with van der Waals surface area (Å²) in [4.78, 5) is 23.7. The summed E-state index contributed by atoms with van der Waals surface area (Å²) < 4.78 is 67.8. The van der Waals surface area contributed by atoms with E-state index in [1.165, 1.54) is 0 Å². The smallest absolute Gasteiger partial charge is 0.347 e. The normalized spacial score (nSPS) is 31.9. The molecule has 3 amide bonds. The summed E-state index contributed by atoms with van der Waals surface area (Å²) in [6.07, 6.45) is -5.18. The molecule has 0 radical (unpaired) electrons. The van der Waals surface area contributed by atoms with Crippen LogP contribution in [0.2, 0.25) is 5.02 Å². The Labute approximate surface area is 161 Å². The summed E-state index contributed by atoms with van der Waals surface area (Å²) in [5.74, 6) is -2.80. The number of halogens is 6. The second-order valence-electron chi connectivity index (χ2n) is 7.78. The molecule has 2 bridgehead atoms.